The van der Waals surface area contributed by atoms with E-state index in [0.717, 1.165) is 11.3 Å². The molecule has 40 heavy (non-hydrogen) atoms. The van der Waals surface area contributed by atoms with Gasteiger partial charge in [-0.15, -0.1) is 17.3 Å². The molecule has 0 bridgehead atoms. The van der Waals surface area contributed by atoms with E-state index in [1.54, 1.807) is 17.8 Å². The molecule has 4 N–H and O–H groups in total. The summed E-state index contributed by atoms with van der Waals surface area (Å²) in [5.74, 6) is -0.542. The summed E-state index contributed by atoms with van der Waals surface area (Å²) < 4.78 is 19.1. The number of aromatic nitrogens is 1. The number of nitrogens with one attached hydrogen (secondary N) is 4. The van der Waals surface area contributed by atoms with Gasteiger partial charge in [0.2, 0.25) is 0 Å². The minimum absolute atomic E-state index is 0.0322. The number of halogens is 3. The first-order chi connectivity index (χ1) is 19.4. The lowest BCUT2D eigenvalue weighted by molar-refractivity contribution is -0.0635. The van der Waals surface area contributed by atoms with E-state index >= 15 is 0 Å². The number of nitrogens with zero attached hydrogens (tertiary/aromatic N) is 4. The van der Waals surface area contributed by atoms with Gasteiger partial charge in [0.15, 0.2) is 0 Å². The summed E-state index contributed by atoms with van der Waals surface area (Å²) >= 11 is 14.3. The highest BCUT2D eigenvalue weighted by Gasteiger charge is 2.35. The van der Waals surface area contributed by atoms with Crippen molar-refractivity contribution < 1.29 is 9.13 Å². The van der Waals surface area contributed by atoms with Crippen LogP contribution in [0.2, 0.25) is 10.0 Å². The predicted molar refractivity (Wildman–Crippen MR) is 154 cm³/mol. The highest BCUT2D eigenvalue weighted by Crippen LogP contribution is 2.39. The summed E-state index contributed by atoms with van der Waals surface area (Å²) in [5.41, 5.74) is 10.5. The van der Waals surface area contributed by atoms with Crippen molar-refractivity contribution in [2.75, 3.05) is 23.8 Å². The predicted octanol–water partition coefficient (Wildman–Crippen LogP) is 5.55. The SMILES string of the molecule is N#CC1=CSC([C@H](Nc2cc(Cl)c3ncc(C#N)c(Nc4ccc(F)c(Cl)c4)c3c2)C2=CN(C3COC3)NN2)C1. The van der Waals surface area contributed by atoms with Crippen LogP contribution in [0.25, 0.3) is 10.9 Å². The van der Waals surface area contributed by atoms with E-state index in [4.69, 9.17) is 27.9 Å². The molecule has 202 valence electrons. The number of rotatable bonds is 7. The molecule has 4 heterocycles. The van der Waals surface area contributed by atoms with Crippen molar-refractivity contribution in [3.63, 3.8) is 0 Å². The Hall–Kier alpha value is -3.71. The van der Waals surface area contributed by atoms with Crippen LogP contribution in [0.5, 0.6) is 0 Å². The third-order valence-corrected chi connectivity index (χ3v) is 8.62. The Kier molecular flexibility index (Phi) is 7.32. The number of anilines is 3. The normalized spacial score (nSPS) is 19.2. The van der Waals surface area contributed by atoms with Gasteiger partial charge in [0.1, 0.15) is 11.9 Å². The molecule has 6 rings (SSSR count). The fourth-order valence-electron chi connectivity index (χ4n) is 4.66. The average molecular weight is 595 g/mol. The van der Waals surface area contributed by atoms with Crippen LogP contribution in [-0.2, 0) is 4.74 Å². The van der Waals surface area contributed by atoms with E-state index in [2.05, 4.69) is 38.7 Å². The lowest BCUT2D eigenvalue weighted by Gasteiger charge is -2.33. The van der Waals surface area contributed by atoms with Crippen molar-refractivity contribution in [3.8, 4) is 12.1 Å². The molecule has 1 unspecified atom stereocenters. The Labute approximate surface area is 243 Å². The standard InChI is InChI=1S/C27H21Cl2FN8OS/c28-20-5-16(1-2-22(20)30)34-25-15(8-32)9-33-26-19(25)4-17(6-21(26)29)35-27(24-3-14(7-31)13-40-24)23-10-38(37-36-23)18-11-39-12-18/h1-2,4-6,9-10,13,18,24,27,35-37H,3,11-12H2,(H,33,34)/t24?,27-/m1/s1. The molecule has 0 aliphatic carbocycles. The molecule has 1 fully saturated rings. The van der Waals surface area contributed by atoms with Gasteiger partial charge in [-0.3, -0.25) is 9.99 Å². The number of thioether (sulfide) groups is 1. The molecule has 9 nitrogen and oxygen atoms in total. The van der Waals surface area contributed by atoms with Crippen LogP contribution in [0, 0.1) is 28.5 Å². The van der Waals surface area contributed by atoms with Crippen LogP contribution in [0.15, 0.2) is 59.4 Å². The van der Waals surface area contributed by atoms with Gasteiger partial charge in [0.25, 0.3) is 0 Å². The van der Waals surface area contributed by atoms with Gasteiger partial charge in [-0.1, -0.05) is 23.2 Å². The second-order valence-electron chi connectivity index (χ2n) is 9.44. The summed E-state index contributed by atoms with van der Waals surface area (Å²) in [6.07, 6.45) is 4.06. The Morgan fingerprint density at radius 3 is 2.67 bits per heavy atom. The van der Waals surface area contributed by atoms with Gasteiger partial charge in [-0.05, 0) is 42.2 Å². The highest BCUT2D eigenvalue weighted by molar-refractivity contribution is 8.03. The monoisotopic (exact) mass is 594 g/mol. The second kappa shape index (κ2) is 11.0. The van der Waals surface area contributed by atoms with Gasteiger partial charge in [0, 0.05) is 40.0 Å². The highest BCUT2D eigenvalue weighted by atomic mass is 35.5. The van der Waals surface area contributed by atoms with E-state index in [1.807, 2.05) is 22.7 Å². The maximum atomic E-state index is 13.8. The number of benzene rings is 2. The summed E-state index contributed by atoms with van der Waals surface area (Å²) in [6, 6.07) is 12.3. The van der Waals surface area contributed by atoms with Gasteiger partial charge in [-0.2, -0.15) is 10.5 Å². The molecule has 0 amide bonds. The molecule has 0 saturated carbocycles. The van der Waals surface area contributed by atoms with Crippen molar-refractivity contribution in [2.45, 2.75) is 23.8 Å². The van der Waals surface area contributed by atoms with Crippen molar-refractivity contribution in [1.29, 1.82) is 10.5 Å². The topological polar surface area (TPSA) is 121 Å². The van der Waals surface area contributed by atoms with Crippen molar-refractivity contribution >= 4 is 62.9 Å². The zero-order valence-corrected chi connectivity index (χ0v) is 23.0. The molecule has 0 spiro atoms. The van der Waals surface area contributed by atoms with Crippen molar-refractivity contribution in [3.05, 3.63) is 80.8 Å². The Bertz CT molecular complexity index is 1650. The lowest BCUT2D eigenvalue weighted by atomic mass is 10.0. The maximum absolute atomic E-state index is 13.8. The van der Waals surface area contributed by atoms with Gasteiger partial charge >= 0.3 is 0 Å². The lowest BCUT2D eigenvalue weighted by Crippen LogP contribution is -2.52. The molecule has 1 saturated heterocycles. The maximum Gasteiger partial charge on any atom is 0.141 e. The quantitative estimate of drug-likeness (QED) is 0.277. The second-order valence-corrected chi connectivity index (χ2v) is 11.4. The number of pyridine rings is 1. The molecule has 3 aliphatic rings. The molecule has 0 radical (unpaired) electrons. The molecule has 3 aliphatic heterocycles. The van der Waals surface area contributed by atoms with E-state index < -0.39 is 5.82 Å². The van der Waals surface area contributed by atoms with Crippen LogP contribution >= 0.6 is 35.0 Å². The summed E-state index contributed by atoms with van der Waals surface area (Å²) in [5, 5.41) is 30.9. The third-order valence-electron chi connectivity index (χ3n) is 6.83. The largest absolute Gasteiger partial charge is 0.377 e. The van der Waals surface area contributed by atoms with Crippen LogP contribution in [0.4, 0.5) is 21.5 Å². The number of hydrogen-bond acceptors (Lipinski definition) is 10. The minimum Gasteiger partial charge on any atom is -0.377 e. The van der Waals surface area contributed by atoms with E-state index in [1.165, 1.54) is 24.4 Å². The first kappa shape index (κ1) is 26.5. The molecule has 2 aromatic carbocycles. The smallest absolute Gasteiger partial charge is 0.141 e. The average Bonchev–Trinajstić information content (AvgIpc) is 3.59. The van der Waals surface area contributed by atoms with Crippen LogP contribution in [0.1, 0.15) is 12.0 Å². The van der Waals surface area contributed by atoms with Gasteiger partial charge < -0.3 is 20.8 Å². The molecular weight excluding hydrogens is 574 g/mol. The third kappa shape index (κ3) is 5.10. The zero-order chi connectivity index (χ0) is 27.8. The zero-order valence-electron chi connectivity index (χ0n) is 20.7. The van der Waals surface area contributed by atoms with Crippen LogP contribution < -0.4 is 21.6 Å². The summed E-state index contributed by atoms with van der Waals surface area (Å²) in [6.45, 7) is 1.27. The number of hydrazine groups is 2. The van der Waals surface area contributed by atoms with Gasteiger partial charge in [0.05, 0.1) is 63.9 Å². The first-order valence-electron chi connectivity index (χ1n) is 12.3. The number of allylic oxidation sites excluding steroid dienone is 1. The van der Waals surface area contributed by atoms with Crippen molar-refractivity contribution in [1.82, 2.24) is 21.0 Å². The summed E-state index contributed by atoms with van der Waals surface area (Å²) in [7, 11) is 0. The first-order valence-corrected chi connectivity index (χ1v) is 14.0. The fourth-order valence-corrected chi connectivity index (χ4v) is 6.25. The number of hydrogen-bond donors (Lipinski definition) is 4. The van der Waals surface area contributed by atoms with Crippen LogP contribution in [0.3, 0.4) is 0 Å². The Balaban J connectivity index is 1.38. The molecule has 3 aromatic rings. The van der Waals surface area contributed by atoms with E-state index in [-0.39, 0.29) is 27.9 Å². The van der Waals surface area contributed by atoms with Gasteiger partial charge in [-0.25, -0.2) is 4.39 Å². The number of nitriles is 2. The molecule has 1 aromatic heterocycles. The summed E-state index contributed by atoms with van der Waals surface area (Å²) in [4.78, 5) is 4.42. The Morgan fingerprint density at radius 2 is 1.98 bits per heavy atom. The fraction of sp³-hybridized carbons (Fsp3) is 0.222. The minimum atomic E-state index is -0.542. The number of fused-ring (bicyclic) bond motifs is 1. The molecular formula is C27H21Cl2FN8OS. The molecule has 2 atom stereocenters. The van der Waals surface area contributed by atoms with E-state index in [9.17, 15) is 14.9 Å². The van der Waals surface area contributed by atoms with Crippen molar-refractivity contribution in [2.24, 2.45) is 0 Å². The Morgan fingerprint density at radius 1 is 1.15 bits per heavy atom. The van der Waals surface area contributed by atoms with Crippen LogP contribution in [-0.4, -0.2) is 40.5 Å². The van der Waals surface area contributed by atoms with E-state index in [0.29, 0.717) is 52.6 Å². The molecule has 13 heteroatoms. The number of ether oxygens (including phenoxy) is 1.